The molecule has 7 heteroatoms. The number of hydrogen-bond donors (Lipinski definition) is 1. The summed E-state index contributed by atoms with van der Waals surface area (Å²) in [7, 11) is 3.78. The quantitative estimate of drug-likeness (QED) is 0.663. The summed E-state index contributed by atoms with van der Waals surface area (Å²) >= 11 is 5.53. The van der Waals surface area contributed by atoms with Crippen LogP contribution in [0.5, 0.6) is 0 Å². The van der Waals surface area contributed by atoms with E-state index in [2.05, 4.69) is 5.32 Å². The molecule has 0 bridgehead atoms. The fourth-order valence-corrected chi connectivity index (χ4v) is 1.43. The lowest BCUT2D eigenvalue weighted by molar-refractivity contribution is -0.384. The van der Waals surface area contributed by atoms with Gasteiger partial charge >= 0.3 is 0 Å². The second-order valence-corrected chi connectivity index (χ2v) is 4.64. The summed E-state index contributed by atoms with van der Waals surface area (Å²) in [6.45, 7) is 2.42. The molecule has 0 saturated heterocycles. The topological polar surface area (TPSA) is 58.4 Å². The molecule has 5 nitrogen and oxygen atoms in total. The summed E-state index contributed by atoms with van der Waals surface area (Å²) in [5.41, 5.74) is -0.0945. The number of benzene rings is 1. The number of nitro benzene ring substituents is 1. The number of anilines is 1. The second-order valence-electron chi connectivity index (χ2n) is 4.23. The lowest BCUT2D eigenvalue weighted by Gasteiger charge is -2.20. The van der Waals surface area contributed by atoms with E-state index in [4.69, 9.17) is 11.6 Å². The smallest absolute Gasteiger partial charge is 0.294 e. The zero-order valence-corrected chi connectivity index (χ0v) is 11.2. The van der Waals surface area contributed by atoms with E-state index in [0.717, 1.165) is 12.1 Å². The van der Waals surface area contributed by atoms with Crippen LogP contribution in [0.15, 0.2) is 12.1 Å². The fourth-order valence-electron chi connectivity index (χ4n) is 1.27. The van der Waals surface area contributed by atoms with Gasteiger partial charge in [0.1, 0.15) is 11.5 Å². The van der Waals surface area contributed by atoms with Crippen molar-refractivity contribution in [3.8, 4) is 0 Å². The molecule has 1 atom stereocenters. The van der Waals surface area contributed by atoms with Crippen molar-refractivity contribution in [2.45, 2.75) is 13.0 Å². The van der Waals surface area contributed by atoms with Crippen LogP contribution in [0.1, 0.15) is 6.92 Å². The Balaban J connectivity index is 2.93. The minimum absolute atomic E-state index is 0.135. The first kappa shape index (κ1) is 14.7. The standard InChI is InChI=1S/C11H15ClFN3O2/c1-7(15(2)3)6-14-10-5-9(13)8(12)4-11(10)16(17)18/h4-5,7,14H,6H2,1-3H3. The number of halogens is 2. The summed E-state index contributed by atoms with van der Waals surface area (Å²) in [5, 5.41) is 13.4. The summed E-state index contributed by atoms with van der Waals surface area (Å²) in [6, 6.07) is 2.21. The number of nitro groups is 1. The van der Waals surface area contributed by atoms with E-state index in [1.54, 1.807) is 0 Å². The van der Waals surface area contributed by atoms with Gasteiger partial charge in [-0.25, -0.2) is 4.39 Å². The van der Waals surface area contributed by atoms with Crippen LogP contribution in [0.4, 0.5) is 15.8 Å². The highest BCUT2D eigenvalue weighted by molar-refractivity contribution is 6.31. The summed E-state index contributed by atoms with van der Waals surface area (Å²) in [4.78, 5) is 12.2. The maximum absolute atomic E-state index is 13.3. The largest absolute Gasteiger partial charge is 0.378 e. The van der Waals surface area contributed by atoms with E-state index in [1.165, 1.54) is 0 Å². The molecule has 0 amide bonds. The Morgan fingerprint density at radius 3 is 2.67 bits per heavy atom. The van der Waals surface area contributed by atoms with Gasteiger partial charge in [0.05, 0.1) is 9.95 Å². The Morgan fingerprint density at radius 1 is 1.56 bits per heavy atom. The first-order valence-corrected chi connectivity index (χ1v) is 5.74. The van der Waals surface area contributed by atoms with Gasteiger partial charge in [0.2, 0.25) is 0 Å². The van der Waals surface area contributed by atoms with Gasteiger partial charge in [-0.05, 0) is 21.0 Å². The van der Waals surface area contributed by atoms with Gasteiger partial charge in [0, 0.05) is 24.7 Å². The van der Waals surface area contributed by atoms with Crippen molar-refractivity contribution >= 4 is 23.0 Å². The molecule has 18 heavy (non-hydrogen) atoms. The minimum Gasteiger partial charge on any atom is -0.378 e. The third-order valence-corrected chi connectivity index (χ3v) is 2.99. The second kappa shape index (κ2) is 5.97. The molecule has 0 aliphatic heterocycles. The van der Waals surface area contributed by atoms with Crippen LogP contribution in [0.3, 0.4) is 0 Å². The predicted octanol–water partition coefficient (Wildman–Crippen LogP) is 2.75. The van der Waals surface area contributed by atoms with Gasteiger partial charge < -0.3 is 10.2 Å². The molecule has 0 heterocycles. The molecule has 0 fully saturated rings. The normalized spacial score (nSPS) is 12.6. The zero-order valence-electron chi connectivity index (χ0n) is 10.4. The van der Waals surface area contributed by atoms with Crippen LogP contribution in [-0.2, 0) is 0 Å². The van der Waals surface area contributed by atoms with Crippen molar-refractivity contribution in [3.05, 3.63) is 33.1 Å². The summed E-state index contributed by atoms with van der Waals surface area (Å²) in [5.74, 6) is -0.678. The first-order chi connectivity index (χ1) is 8.32. The van der Waals surface area contributed by atoms with Gasteiger partial charge in [0.25, 0.3) is 5.69 Å². The molecular formula is C11H15ClFN3O2. The average Bonchev–Trinajstić information content (AvgIpc) is 2.29. The molecule has 0 radical (unpaired) electrons. The molecule has 0 spiro atoms. The molecule has 0 saturated carbocycles. The highest BCUT2D eigenvalue weighted by atomic mass is 35.5. The van der Waals surface area contributed by atoms with E-state index < -0.39 is 10.7 Å². The van der Waals surface area contributed by atoms with Crippen molar-refractivity contribution in [1.82, 2.24) is 4.90 Å². The Kier molecular flexibility index (Phi) is 4.86. The third-order valence-electron chi connectivity index (χ3n) is 2.70. The molecule has 1 unspecified atom stereocenters. The maximum Gasteiger partial charge on any atom is 0.294 e. The molecule has 100 valence electrons. The maximum atomic E-state index is 13.3. The van der Waals surface area contributed by atoms with Crippen molar-refractivity contribution in [2.75, 3.05) is 26.0 Å². The Hall–Kier alpha value is -1.40. The van der Waals surface area contributed by atoms with Gasteiger partial charge in [-0.2, -0.15) is 0 Å². The highest BCUT2D eigenvalue weighted by Gasteiger charge is 2.18. The molecule has 1 rings (SSSR count). The molecule has 0 aromatic heterocycles. The van der Waals surface area contributed by atoms with Crippen LogP contribution >= 0.6 is 11.6 Å². The lowest BCUT2D eigenvalue weighted by atomic mass is 10.2. The van der Waals surface area contributed by atoms with Crippen LogP contribution in [0.25, 0.3) is 0 Å². The van der Waals surface area contributed by atoms with E-state index in [1.807, 2.05) is 25.9 Å². The summed E-state index contributed by atoms with van der Waals surface area (Å²) < 4.78 is 13.3. The number of hydrogen-bond acceptors (Lipinski definition) is 4. The molecular weight excluding hydrogens is 261 g/mol. The highest BCUT2D eigenvalue weighted by Crippen LogP contribution is 2.30. The van der Waals surface area contributed by atoms with Crippen molar-refractivity contribution < 1.29 is 9.31 Å². The van der Waals surface area contributed by atoms with Crippen molar-refractivity contribution in [3.63, 3.8) is 0 Å². The Morgan fingerprint density at radius 2 is 2.17 bits per heavy atom. The van der Waals surface area contributed by atoms with E-state index in [0.29, 0.717) is 6.54 Å². The zero-order chi connectivity index (χ0) is 13.9. The Labute approximate surface area is 110 Å². The minimum atomic E-state index is -0.678. The number of likely N-dealkylation sites (N-methyl/N-ethyl adjacent to an activating group) is 1. The predicted molar refractivity (Wildman–Crippen MR) is 69.7 cm³/mol. The molecule has 0 aliphatic rings. The van der Waals surface area contributed by atoms with Crippen LogP contribution in [-0.4, -0.2) is 36.5 Å². The molecule has 1 aromatic rings. The molecule has 1 aromatic carbocycles. The van der Waals surface area contributed by atoms with Crippen LogP contribution in [0.2, 0.25) is 5.02 Å². The Bertz CT molecular complexity index is 454. The van der Waals surface area contributed by atoms with Gasteiger partial charge in [0.15, 0.2) is 0 Å². The van der Waals surface area contributed by atoms with Crippen molar-refractivity contribution in [2.24, 2.45) is 0 Å². The molecule has 0 aliphatic carbocycles. The fraction of sp³-hybridized carbons (Fsp3) is 0.455. The van der Waals surface area contributed by atoms with E-state index in [-0.39, 0.29) is 22.4 Å². The van der Waals surface area contributed by atoms with Crippen molar-refractivity contribution in [1.29, 1.82) is 0 Å². The van der Waals surface area contributed by atoms with Gasteiger partial charge in [-0.15, -0.1) is 0 Å². The van der Waals surface area contributed by atoms with Gasteiger partial charge in [-0.1, -0.05) is 11.6 Å². The van der Waals surface area contributed by atoms with E-state index in [9.17, 15) is 14.5 Å². The number of nitrogens with zero attached hydrogens (tertiary/aromatic N) is 2. The average molecular weight is 276 g/mol. The molecule has 1 N–H and O–H groups in total. The van der Waals surface area contributed by atoms with Gasteiger partial charge in [-0.3, -0.25) is 10.1 Å². The first-order valence-electron chi connectivity index (χ1n) is 5.36. The van der Waals surface area contributed by atoms with Crippen LogP contribution in [0, 0.1) is 15.9 Å². The van der Waals surface area contributed by atoms with Crippen LogP contribution < -0.4 is 5.32 Å². The number of rotatable bonds is 5. The SMILES string of the molecule is CC(CNc1cc(F)c(Cl)cc1[N+](=O)[O-])N(C)C. The third kappa shape index (κ3) is 3.54. The van der Waals surface area contributed by atoms with E-state index >= 15 is 0 Å². The monoisotopic (exact) mass is 275 g/mol. The lowest BCUT2D eigenvalue weighted by Crippen LogP contribution is -2.31. The summed E-state index contributed by atoms with van der Waals surface area (Å²) in [6.07, 6.45) is 0. The number of nitrogens with one attached hydrogen (secondary N) is 1.